The number of methoxy groups -OCH3 is 1. The number of nitrogens with zero attached hydrogens (tertiary/aromatic N) is 2. The van der Waals surface area contributed by atoms with E-state index in [0.29, 0.717) is 49.2 Å². The zero-order valence-corrected chi connectivity index (χ0v) is 14.6. The first-order chi connectivity index (χ1) is 11.5. The molecule has 2 rings (SSSR count). The van der Waals surface area contributed by atoms with E-state index in [1.54, 1.807) is 19.1 Å². The molecule has 1 aromatic carbocycles. The lowest BCUT2D eigenvalue weighted by atomic mass is 10.2. The fourth-order valence-corrected chi connectivity index (χ4v) is 2.72. The van der Waals surface area contributed by atoms with Gasteiger partial charge in [-0.05, 0) is 18.6 Å². The van der Waals surface area contributed by atoms with E-state index in [4.69, 9.17) is 21.4 Å². The summed E-state index contributed by atoms with van der Waals surface area (Å²) in [5.74, 6) is -0.876. The van der Waals surface area contributed by atoms with E-state index in [0.717, 1.165) is 5.56 Å². The lowest BCUT2D eigenvalue weighted by molar-refractivity contribution is -0.144. The molecule has 7 nitrogen and oxygen atoms in total. The van der Waals surface area contributed by atoms with E-state index in [9.17, 15) is 9.59 Å². The molecule has 0 aromatic heterocycles. The highest BCUT2D eigenvalue weighted by Gasteiger charge is 2.26. The Morgan fingerprint density at radius 1 is 1.29 bits per heavy atom. The van der Waals surface area contributed by atoms with Crippen molar-refractivity contribution in [1.82, 2.24) is 9.80 Å². The predicted octanol–water partition coefficient (Wildman–Crippen LogP) is 0.732. The third-order valence-electron chi connectivity index (χ3n) is 4.00. The van der Waals surface area contributed by atoms with Crippen LogP contribution in [-0.4, -0.2) is 73.2 Å². The fourth-order valence-electron chi connectivity index (χ4n) is 2.57. The average Bonchev–Trinajstić information content (AvgIpc) is 2.58. The molecule has 0 saturated carbocycles. The molecule has 2 N–H and O–H groups in total. The van der Waals surface area contributed by atoms with E-state index < -0.39 is 11.8 Å². The van der Waals surface area contributed by atoms with Crippen LogP contribution in [0.15, 0.2) is 12.1 Å². The lowest BCUT2D eigenvalue weighted by Crippen LogP contribution is -2.52. The minimum absolute atomic E-state index is 0.0874. The normalized spacial score (nSPS) is 15.2. The van der Waals surface area contributed by atoms with Gasteiger partial charge in [0.25, 0.3) is 0 Å². The summed E-state index contributed by atoms with van der Waals surface area (Å²) in [5, 5.41) is 12.0. The van der Waals surface area contributed by atoms with E-state index in [1.807, 2.05) is 4.90 Å². The molecule has 0 aliphatic carbocycles. The minimum atomic E-state index is -0.703. The quantitative estimate of drug-likeness (QED) is 0.778. The first kappa shape index (κ1) is 18.5. The van der Waals surface area contributed by atoms with Crippen molar-refractivity contribution in [2.45, 2.75) is 6.92 Å². The molecule has 0 atom stereocenters. The summed E-state index contributed by atoms with van der Waals surface area (Å²) in [6.45, 7) is 4.68. The number of halogens is 1. The van der Waals surface area contributed by atoms with Crippen molar-refractivity contribution in [3.8, 4) is 5.75 Å². The van der Waals surface area contributed by atoms with Gasteiger partial charge in [0.1, 0.15) is 5.75 Å². The number of amides is 2. The largest absolute Gasteiger partial charge is 0.495 e. The Morgan fingerprint density at radius 3 is 2.54 bits per heavy atom. The second kappa shape index (κ2) is 8.32. The number of β-amino-alcohol motifs (C(OH)–C–C–N with tert-alkyl or cyclic N) is 1. The molecular weight excluding hydrogens is 334 g/mol. The number of nitrogens with one attached hydrogen (secondary N) is 1. The van der Waals surface area contributed by atoms with Crippen LogP contribution in [0.1, 0.15) is 5.56 Å². The summed E-state index contributed by atoms with van der Waals surface area (Å²) in [4.78, 5) is 28.1. The Hall–Kier alpha value is -1.83. The summed E-state index contributed by atoms with van der Waals surface area (Å²) in [6, 6.07) is 3.27. The van der Waals surface area contributed by atoms with Crippen LogP contribution in [0.25, 0.3) is 0 Å². The highest BCUT2D eigenvalue weighted by molar-refractivity contribution is 6.39. The molecule has 8 heteroatoms. The van der Waals surface area contributed by atoms with E-state index in [2.05, 4.69) is 5.32 Å². The molecule has 1 heterocycles. The average molecular weight is 356 g/mol. The molecule has 0 spiro atoms. The number of anilines is 1. The first-order valence-corrected chi connectivity index (χ1v) is 8.11. The van der Waals surface area contributed by atoms with Crippen LogP contribution >= 0.6 is 11.6 Å². The second-order valence-electron chi connectivity index (χ2n) is 5.61. The van der Waals surface area contributed by atoms with Gasteiger partial charge in [0.15, 0.2) is 0 Å². The Balaban J connectivity index is 2.00. The SMILES string of the molecule is COc1cc(Cl)c(C)cc1NC(=O)C(=O)N1CCN(CCO)CC1. The Morgan fingerprint density at radius 2 is 1.96 bits per heavy atom. The highest BCUT2D eigenvalue weighted by Crippen LogP contribution is 2.30. The Labute approximate surface area is 146 Å². The minimum Gasteiger partial charge on any atom is -0.495 e. The maximum atomic E-state index is 12.3. The monoisotopic (exact) mass is 355 g/mol. The number of carbonyl (C=O) groups excluding carboxylic acids is 2. The van der Waals surface area contributed by atoms with Gasteiger partial charge in [-0.25, -0.2) is 0 Å². The molecule has 2 amide bonds. The van der Waals surface area contributed by atoms with Gasteiger partial charge < -0.3 is 20.1 Å². The van der Waals surface area contributed by atoms with Crippen molar-refractivity contribution in [3.63, 3.8) is 0 Å². The molecule has 1 saturated heterocycles. The number of rotatable bonds is 4. The molecule has 132 valence electrons. The Kier molecular flexibility index (Phi) is 6.42. The van der Waals surface area contributed by atoms with Gasteiger partial charge in [-0.15, -0.1) is 0 Å². The summed E-state index contributed by atoms with van der Waals surface area (Å²) in [7, 11) is 1.47. The van der Waals surface area contributed by atoms with Crippen LogP contribution in [0.2, 0.25) is 5.02 Å². The molecule has 0 unspecified atom stereocenters. The van der Waals surface area contributed by atoms with Crippen molar-refractivity contribution >= 4 is 29.1 Å². The molecular formula is C16H22ClN3O4. The number of aliphatic hydroxyl groups is 1. The molecule has 0 radical (unpaired) electrons. The molecule has 1 aromatic rings. The van der Waals surface area contributed by atoms with E-state index in [1.165, 1.54) is 12.0 Å². The number of aryl methyl sites for hydroxylation is 1. The van der Waals surface area contributed by atoms with Crippen molar-refractivity contribution in [1.29, 1.82) is 0 Å². The van der Waals surface area contributed by atoms with Crippen LogP contribution in [0, 0.1) is 6.92 Å². The predicted molar refractivity (Wildman–Crippen MR) is 91.5 cm³/mol. The van der Waals surface area contributed by atoms with Gasteiger partial charge in [0.05, 0.1) is 19.4 Å². The third kappa shape index (κ3) is 4.37. The van der Waals surface area contributed by atoms with Gasteiger partial charge in [-0.2, -0.15) is 0 Å². The van der Waals surface area contributed by atoms with Crippen LogP contribution in [0.5, 0.6) is 5.75 Å². The third-order valence-corrected chi connectivity index (χ3v) is 4.41. The van der Waals surface area contributed by atoms with Crippen LogP contribution in [0.4, 0.5) is 5.69 Å². The standard InChI is InChI=1S/C16H22ClN3O4/c1-11-9-13(14(24-2)10-12(11)17)18-15(22)16(23)20-5-3-19(4-6-20)7-8-21/h9-10,21H,3-8H2,1-2H3,(H,18,22). The highest BCUT2D eigenvalue weighted by atomic mass is 35.5. The summed E-state index contributed by atoms with van der Waals surface area (Å²) in [5.41, 5.74) is 1.19. The maximum absolute atomic E-state index is 12.3. The number of hydrogen-bond acceptors (Lipinski definition) is 5. The molecule has 1 fully saturated rings. The van der Waals surface area contributed by atoms with Crippen LogP contribution in [0.3, 0.4) is 0 Å². The fraction of sp³-hybridized carbons (Fsp3) is 0.500. The van der Waals surface area contributed by atoms with Crippen molar-refractivity contribution in [2.75, 3.05) is 51.8 Å². The van der Waals surface area contributed by atoms with Gasteiger partial charge >= 0.3 is 11.8 Å². The van der Waals surface area contributed by atoms with Gasteiger partial charge in [-0.1, -0.05) is 11.6 Å². The smallest absolute Gasteiger partial charge is 0.314 e. The topological polar surface area (TPSA) is 82.1 Å². The van der Waals surface area contributed by atoms with Crippen LogP contribution < -0.4 is 10.1 Å². The van der Waals surface area contributed by atoms with E-state index >= 15 is 0 Å². The summed E-state index contributed by atoms with van der Waals surface area (Å²) in [6.07, 6.45) is 0. The summed E-state index contributed by atoms with van der Waals surface area (Å²) < 4.78 is 5.19. The van der Waals surface area contributed by atoms with Crippen molar-refractivity contribution < 1.29 is 19.4 Å². The molecule has 1 aliphatic rings. The number of ether oxygens (including phenoxy) is 1. The molecule has 0 bridgehead atoms. The molecule has 24 heavy (non-hydrogen) atoms. The number of hydrogen-bond donors (Lipinski definition) is 2. The van der Waals surface area contributed by atoms with Gasteiger partial charge in [0, 0.05) is 43.8 Å². The zero-order chi connectivity index (χ0) is 17.7. The number of aliphatic hydroxyl groups excluding tert-OH is 1. The Bertz CT molecular complexity index is 616. The second-order valence-corrected chi connectivity index (χ2v) is 6.02. The number of carbonyl (C=O) groups is 2. The number of benzene rings is 1. The van der Waals surface area contributed by atoms with Crippen LogP contribution in [-0.2, 0) is 9.59 Å². The lowest BCUT2D eigenvalue weighted by Gasteiger charge is -2.33. The first-order valence-electron chi connectivity index (χ1n) is 7.74. The van der Waals surface area contributed by atoms with Gasteiger partial charge in [0.2, 0.25) is 0 Å². The zero-order valence-electron chi connectivity index (χ0n) is 13.8. The van der Waals surface area contributed by atoms with Gasteiger partial charge in [-0.3, -0.25) is 14.5 Å². The van der Waals surface area contributed by atoms with Crippen molar-refractivity contribution in [3.05, 3.63) is 22.7 Å². The summed E-state index contributed by atoms with van der Waals surface area (Å²) >= 11 is 6.03. The number of piperazine rings is 1. The van der Waals surface area contributed by atoms with Crippen molar-refractivity contribution in [2.24, 2.45) is 0 Å². The maximum Gasteiger partial charge on any atom is 0.314 e. The molecule has 1 aliphatic heterocycles. The van der Waals surface area contributed by atoms with E-state index in [-0.39, 0.29) is 6.61 Å².